The van der Waals surface area contributed by atoms with Crippen LogP contribution in [0.2, 0.25) is 0 Å². The Morgan fingerprint density at radius 3 is 2.63 bits per heavy atom. The fourth-order valence-corrected chi connectivity index (χ4v) is 2.36. The Bertz CT molecular complexity index is 431. The van der Waals surface area contributed by atoms with Crippen LogP contribution in [-0.4, -0.2) is 48.7 Å². The number of benzene rings is 1. The lowest BCUT2D eigenvalue weighted by Gasteiger charge is -2.36. The van der Waals surface area contributed by atoms with Crippen LogP contribution in [0.3, 0.4) is 0 Å². The van der Waals surface area contributed by atoms with Gasteiger partial charge in [-0.05, 0) is 31.2 Å². The Balaban J connectivity index is 1.77. The van der Waals surface area contributed by atoms with Crippen molar-refractivity contribution in [1.29, 1.82) is 0 Å². The second-order valence-corrected chi connectivity index (χ2v) is 4.81. The van der Waals surface area contributed by atoms with E-state index in [1.807, 2.05) is 6.07 Å². The van der Waals surface area contributed by atoms with Crippen molar-refractivity contribution in [2.75, 3.05) is 37.6 Å². The SMILES string of the molecule is O=C(O)CCCN1CCN(c2cccc(F)c2)CC1. The van der Waals surface area contributed by atoms with E-state index in [-0.39, 0.29) is 12.2 Å². The molecule has 1 fully saturated rings. The molecule has 0 atom stereocenters. The zero-order valence-corrected chi connectivity index (χ0v) is 10.9. The van der Waals surface area contributed by atoms with Crippen LogP contribution in [0.4, 0.5) is 10.1 Å². The van der Waals surface area contributed by atoms with E-state index in [2.05, 4.69) is 9.80 Å². The molecule has 0 unspecified atom stereocenters. The number of carboxylic acid groups (broad SMARTS) is 1. The first-order valence-corrected chi connectivity index (χ1v) is 6.60. The van der Waals surface area contributed by atoms with Crippen molar-refractivity contribution in [2.45, 2.75) is 12.8 Å². The maximum absolute atomic E-state index is 13.1. The Hall–Kier alpha value is -1.62. The Morgan fingerprint density at radius 2 is 2.00 bits per heavy atom. The van der Waals surface area contributed by atoms with E-state index in [4.69, 9.17) is 5.11 Å². The van der Waals surface area contributed by atoms with Gasteiger partial charge in [-0.1, -0.05) is 6.07 Å². The number of carbonyl (C=O) groups is 1. The van der Waals surface area contributed by atoms with Crippen LogP contribution in [0.25, 0.3) is 0 Å². The van der Waals surface area contributed by atoms with Gasteiger partial charge in [-0.25, -0.2) is 4.39 Å². The fraction of sp³-hybridized carbons (Fsp3) is 0.500. The van der Waals surface area contributed by atoms with Crippen LogP contribution in [0.1, 0.15) is 12.8 Å². The molecule has 1 aromatic rings. The van der Waals surface area contributed by atoms with E-state index in [1.165, 1.54) is 6.07 Å². The van der Waals surface area contributed by atoms with Crippen LogP contribution in [0, 0.1) is 5.82 Å². The molecule has 4 nitrogen and oxygen atoms in total. The highest BCUT2D eigenvalue weighted by molar-refractivity contribution is 5.66. The average molecular weight is 266 g/mol. The van der Waals surface area contributed by atoms with Gasteiger partial charge in [0, 0.05) is 38.3 Å². The predicted octanol–water partition coefficient (Wildman–Crippen LogP) is 1.81. The average Bonchev–Trinajstić information content (AvgIpc) is 2.39. The molecule has 0 bridgehead atoms. The molecule has 1 aliphatic rings. The molecule has 2 rings (SSSR count). The minimum atomic E-state index is -0.738. The highest BCUT2D eigenvalue weighted by Gasteiger charge is 2.17. The summed E-state index contributed by atoms with van der Waals surface area (Å²) < 4.78 is 13.1. The van der Waals surface area contributed by atoms with Gasteiger partial charge in [-0.15, -0.1) is 0 Å². The van der Waals surface area contributed by atoms with Gasteiger partial charge in [-0.2, -0.15) is 0 Å². The molecule has 1 N–H and O–H groups in total. The first-order chi connectivity index (χ1) is 9.15. The van der Waals surface area contributed by atoms with Crippen LogP contribution in [0.15, 0.2) is 24.3 Å². The molecule has 0 spiro atoms. The number of halogens is 1. The third-order valence-electron chi connectivity index (χ3n) is 3.41. The number of rotatable bonds is 5. The standard InChI is InChI=1S/C14H19FN2O2/c15-12-3-1-4-13(11-12)17-9-7-16(8-10-17)6-2-5-14(18)19/h1,3-4,11H,2,5-10H2,(H,18,19). The first-order valence-electron chi connectivity index (χ1n) is 6.60. The lowest BCUT2D eigenvalue weighted by Crippen LogP contribution is -2.46. The van der Waals surface area contributed by atoms with E-state index < -0.39 is 5.97 Å². The fourth-order valence-electron chi connectivity index (χ4n) is 2.36. The smallest absolute Gasteiger partial charge is 0.303 e. The van der Waals surface area contributed by atoms with Crippen LogP contribution in [0.5, 0.6) is 0 Å². The minimum Gasteiger partial charge on any atom is -0.481 e. The third kappa shape index (κ3) is 4.21. The summed E-state index contributed by atoms with van der Waals surface area (Å²) in [5, 5.41) is 8.60. The molecule has 1 aromatic carbocycles. The van der Waals surface area contributed by atoms with Crippen LogP contribution in [-0.2, 0) is 4.79 Å². The molecule has 1 aliphatic heterocycles. The summed E-state index contributed by atoms with van der Waals surface area (Å²) in [4.78, 5) is 14.9. The highest BCUT2D eigenvalue weighted by Crippen LogP contribution is 2.17. The minimum absolute atomic E-state index is 0.207. The Morgan fingerprint density at radius 1 is 1.26 bits per heavy atom. The summed E-state index contributed by atoms with van der Waals surface area (Å²) in [6.45, 7) is 4.34. The molecule has 0 aromatic heterocycles. The van der Waals surface area contributed by atoms with E-state index >= 15 is 0 Å². The largest absolute Gasteiger partial charge is 0.481 e. The van der Waals surface area contributed by atoms with E-state index in [0.717, 1.165) is 38.4 Å². The molecule has 0 radical (unpaired) electrons. The summed E-state index contributed by atoms with van der Waals surface area (Å²) in [6, 6.07) is 6.65. The molecular weight excluding hydrogens is 247 g/mol. The Labute approximate surface area is 112 Å². The number of piperazine rings is 1. The molecule has 0 amide bonds. The predicted molar refractivity (Wildman–Crippen MR) is 71.9 cm³/mol. The molecule has 0 saturated carbocycles. The number of carboxylic acids is 1. The van der Waals surface area contributed by atoms with E-state index in [1.54, 1.807) is 12.1 Å². The van der Waals surface area contributed by atoms with Gasteiger partial charge < -0.3 is 10.0 Å². The molecule has 1 heterocycles. The van der Waals surface area contributed by atoms with Gasteiger partial charge in [0.1, 0.15) is 5.82 Å². The van der Waals surface area contributed by atoms with E-state index in [9.17, 15) is 9.18 Å². The summed E-state index contributed by atoms with van der Waals surface area (Å²) in [7, 11) is 0. The Kier molecular flexibility index (Phi) is 4.74. The second-order valence-electron chi connectivity index (χ2n) is 4.81. The molecule has 5 heteroatoms. The number of hydrogen-bond donors (Lipinski definition) is 1. The monoisotopic (exact) mass is 266 g/mol. The van der Waals surface area contributed by atoms with Gasteiger partial charge in [0.25, 0.3) is 0 Å². The van der Waals surface area contributed by atoms with Crippen molar-refractivity contribution in [2.24, 2.45) is 0 Å². The molecule has 104 valence electrons. The molecular formula is C14H19FN2O2. The lowest BCUT2D eigenvalue weighted by atomic mass is 10.2. The van der Waals surface area contributed by atoms with Crippen molar-refractivity contribution in [1.82, 2.24) is 4.90 Å². The van der Waals surface area contributed by atoms with Gasteiger partial charge in [0.2, 0.25) is 0 Å². The van der Waals surface area contributed by atoms with Crippen molar-refractivity contribution in [3.63, 3.8) is 0 Å². The quantitative estimate of drug-likeness (QED) is 0.882. The zero-order valence-electron chi connectivity index (χ0n) is 10.9. The summed E-state index contributed by atoms with van der Waals surface area (Å²) in [6.07, 6.45) is 0.916. The third-order valence-corrected chi connectivity index (χ3v) is 3.41. The van der Waals surface area contributed by atoms with Crippen molar-refractivity contribution >= 4 is 11.7 Å². The number of hydrogen-bond acceptors (Lipinski definition) is 3. The van der Waals surface area contributed by atoms with Crippen molar-refractivity contribution in [3.05, 3.63) is 30.1 Å². The normalized spacial score (nSPS) is 16.6. The zero-order chi connectivity index (χ0) is 13.7. The summed E-state index contributed by atoms with van der Waals surface area (Å²) in [5.41, 5.74) is 0.921. The van der Waals surface area contributed by atoms with Gasteiger partial charge in [-0.3, -0.25) is 9.69 Å². The number of anilines is 1. The summed E-state index contributed by atoms with van der Waals surface area (Å²) >= 11 is 0. The number of nitrogens with zero attached hydrogens (tertiary/aromatic N) is 2. The van der Waals surface area contributed by atoms with Crippen LogP contribution >= 0.6 is 0 Å². The number of aliphatic carboxylic acids is 1. The lowest BCUT2D eigenvalue weighted by molar-refractivity contribution is -0.137. The maximum Gasteiger partial charge on any atom is 0.303 e. The first kappa shape index (κ1) is 13.8. The highest BCUT2D eigenvalue weighted by atomic mass is 19.1. The van der Waals surface area contributed by atoms with Crippen molar-refractivity contribution < 1.29 is 14.3 Å². The topological polar surface area (TPSA) is 43.8 Å². The second kappa shape index (κ2) is 6.52. The molecule has 1 saturated heterocycles. The van der Waals surface area contributed by atoms with Crippen molar-refractivity contribution in [3.8, 4) is 0 Å². The van der Waals surface area contributed by atoms with Gasteiger partial charge in [0.05, 0.1) is 0 Å². The van der Waals surface area contributed by atoms with Gasteiger partial charge >= 0.3 is 5.97 Å². The van der Waals surface area contributed by atoms with Gasteiger partial charge in [0.15, 0.2) is 0 Å². The molecule has 0 aliphatic carbocycles. The maximum atomic E-state index is 13.1. The van der Waals surface area contributed by atoms with E-state index in [0.29, 0.717) is 6.42 Å². The summed E-state index contributed by atoms with van der Waals surface area (Å²) in [5.74, 6) is -0.945. The molecule has 19 heavy (non-hydrogen) atoms. The van der Waals surface area contributed by atoms with Crippen LogP contribution < -0.4 is 4.90 Å².